The van der Waals surface area contributed by atoms with E-state index in [0.29, 0.717) is 21.5 Å². The summed E-state index contributed by atoms with van der Waals surface area (Å²) in [5.74, 6) is 0.0285. The first-order valence-corrected chi connectivity index (χ1v) is 10.3. The molecule has 0 aliphatic rings. The molecule has 1 heterocycles. The number of ether oxygens (including phenoxy) is 2. The van der Waals surface area contributed by atoms with Crippen LogP contribution in [0.3, 0.4) is 0 Å². The Balaban J connectivity index is 1.54. The monoisotopic (exact) mass is 481 g/mol. The molecule has 6 nitrogen and oxygen atoms in total. The molecule has 0 atom stereocenters. The highest BCUT2D eigenvalue weighted by molar-refractivity contribution is 7.09. The number of rotatable bonds is 8. The molecule has 0 bridgehead atoms. The topological polar surface area (TPSA) is 84.2 Å². The molecule has 11 heteroatoms. The van der Waals surface area contributed by atoms with E-state index in [9.17, 15) is 18.0 Å². The minimum Gasteiger partial charge on any atom is -0.486 e. The van der Waals surface area contributed by atoms with E-state index in [1.165, 1.54) is 29.5 Å². The van der Waals surface area contributed by atoms with Crippen LogP contribution in [0.4, 0.5) is 18.9 Å². The molecule has 1 N–H and O–H groups in total. The Morgan fingerprint density at radius 2 is 1.94 bits per heavy atom. The first kappa shape index (κ1) is 23.4. The van der Waals surface area contributed by atoms with Gasteiger partial charge in [0.1, 0.15) is 29.2 Å². The molecule has 1 aromatic heterocycles. The molecule has 0 fully saturated rings. The maximum atomic E-state index is 12.3. The Morgan fingerprint density at radius 3 is 2.62 bits per heavy atom. The lowest BCUT2D eigenvalue weighted by Crippen LogP contribution is -2.19. The number of aromatic nitrogens is 1. The van der Waals surface area contributed by atoms with Crippen molar-refractivity contribution in [1.29, 1.82) is 5.26 Å². The van der Waals surface area contributed by atoms with Crippen LogP contribution in [0, 0.1) is 11.3 Å². The third-order valence-corrected chi connectivity index (χ3v) is 5.02. The molecule has 0 spiro atoms. The van der Waals surface area contributed by atoms with Crippen LogP contribution in [0.1, 0.15) is 16.3 Å². The van der Waals surface area contributed by atoms with Gasteiger partial charge in [-0.1, -0.05) is 11.6 Å². The molecule has 0 saturated heterocycles. The van der Waals surface area contributed by atoms with E-state index in [1.807, 2.05) is 0 Å². The smallest absolute Gasteiger partial charge is 0.422 e. The van der Waals surface area contributed by atoms with Gasteiger partial charge in [-0.3, -0.25) is 4.79 Å². The zero-order valence-electron chi connectivity index (χ0n) is 16.3. The fourth-order valence-corrected chi connectivity index (χ4v) is 3.35. The number of alkyl halides is 3. The molecular weight excluding hydrogens is 467 g/mol. The van der Waals surface area contributed by atoms with E-state index in [4.69, 9.17) is 21.6 Å². The summed E-state index contributed by atoms with van der Waals surface area (Å²) in [6.45, 7) is -1.28. The standard InChI is InChI=1S/C21H15ClF3N3O3S/c22-14-1-4-17(5-2-14)30-10-20-28-16(11-32-20)8-19(29)27-15-3-6-18(13(7-15)9-26)31-12-21(23,24)25/h1-7,11H,8,10,12H2,(H,27,29). The van der Waals surface area contributed by atoms with Crippen molar-refractivity contribution in [2.45, 2.75) is 19.2 Å². The maximum Gasteiger partial charge on any atom is 0.422 e. The summed E-state index contributed by atoms with van der Waals surface area (Å²) >= 11 is 7.17. The van der Waals surface area contributed by atoms with Gasteiger partial charge < -0.3 is 14.8 Å². The number of nitrogens with zero attached hydrogens (tertiary/aromatic N) is 2. The van der Waals surface area contributed by atoms with Gasteiger partial charge in [0.15, 0.2) is 6.61 Å². The van der Waals surface area contributed by atoms with Crippen molar-refractivity contribution in [3.8, 4) is 17.6 Å². The summed E-state index contributed by atoms with van der Waals surface area (Å²) in [6.07, 6.45) is -4.54. The Hall–Kier alpha value is -3.29. The van der Waals surface area contributed by atoms with E-state index in [-0.39, 0.29) is 30.0 Å². The van der Waals surface area contributed by atoms with E-state index in [2.05, 4.69) is 15.0 Å². The lowest BCUT2D eigenvalue weighted by atomic mass is 10.2. The van der Waals surface area contributed by atoms with Gasteiger partial charge >= 0.3 is 6.18 Å². The van der Waals surface area contributed by atoms with Crippen molar-refractivity contribution in [2.75, 3.05) is 11.9 Å². The van der Waals surface area contributed by atoms with Crippen molar-refractivity contribution in [3.05, 3.63) is 69.1 Å². The minimum atomic E-state index is -4.52. The molecule has 0 aliphatic heterocycles. The number of nitriles is 1. The van der Waals surface area contributed by atoms with Gasteiger partial charge in [0.25, 0.3) is 0 Å². The van der Waals surface area contributed by atoms with E-state index >= 15 is 0 Å². The van der Waals surface area contributed by atoms with Crippen LogP contribution >= 0.6 is 22.9 Å². The van der Waals surface area contributed by atoms with Gasteiger partial charge in [-0.2, -0.15) is 18.4 Å². The Labute approximate surface area is 190 Å². The normalized spacial score (nSPS) is 11.0. The SMILES string of the molecule is N#Cc1cc(NC(=O)Cc2csc(COc3ccc(Cl)cc3)n2)ccc1OCC(F)(F)F. The quantitative estimate of drug-likeness (QED) is 0.467. The second kappa shape index (κ2) is 10.3. The second-order valence-electron chi connectivity index (χ2n) is 6.43. The molecule has 0 saturated carbocycles. The first-order chi connectivity index (χ1) is 15.2. The Morgan fingerprint density at radius 1 is 1.19 bits per heavy atom. The van der Waals surface area contributed by atoms with Crippen LogP contribution < -0.4 is 14.8 Å². The van der Waals surface area contributed by atoms with Gasteiger partial charge in [0.05, 0.1) is 17.7 Å². The van der Waals surface area contributed by atoms with Gasteiger partial charge in [-0.15, -0.1) is 11.3 Å². The van der Waals surface area contributed by atoms with E-state index in [1.54, 1.807) is 35.7 Å². The second-order valence-corrected chi connectivity index (χ2v) is 7.81. The van der Waals surface area contributed by atoms with Crippen LogP contribution in [0.5, 0.6) is 11.5 Å². The van der Waals surface area contributed by atoms with Crippen molar-refractivity contribution in [1.82, 2.24) is 4.98 Å². The molecule has 166 valence electrons. The fraction of sp³-hybridized carbons (Fsp3) is 0.190. The molecule has 0 unspecified atom stereocenters. The molecule has 0 aliphatic carbocycles. The summed E-state index contributed by atoms with van der Waals surface area (Å²) < 4.78 is 47.1. The average molecular weight is 482 g/mol. The molecule has 2 aromatic carbocycles. The van der Waals surface area contributed by atoms with Crippen LogP contribution in [-0.4, -0.2) is 23.7 Å². The van der Waals surface area contributed by atoms with Crippen LogP contribution in [-0.2, 0) is 17.8 Å². The van der Waals surface area contributed by atoms with Crippen molar-refractivity contribution < 1.29 is 27.4 Å². The summed E-state index contributed by atoms with van der Waals surface area (Å²) in [5, 5.41) is 14.7. The Bertz CT molecular complexity index is 1130. The number of carbonyl (C=O) groups excluding carboxylic acids is 1. The van der Waals surface area contributed by atoms with Gasteiger partial charge in [-0.05, 0) is 42.5 Å². The maximum absolute atomic E-state index is 12.3. The highest BCUT2D eigenvalue weighted by atomic mass is 35.5. The van der Waals surface area contributed by atoms with E-state index < -0.39 is 18.7 Å². The largest absolute Gasteiger partial charge is 0.486 e. The van der Waals surface area contributed by atoms with Crippen molar-refractivity contribution in [3.63, 3.8) is 0 Å². The van der Waals surface area contributed by atoms with Crippen molar-refractivity contribution in [2.24, 2.45) is 0 Å². The average Bonchev–Trinajstić information content (AvgIpc) is 3.18. The lowest BCUT2D eigenvalue weighted by Gasteiger charge is -2.11. The Kier molecular flexibility index (Phi) is 7.56. The predicted octanol–water partition coefficient (Wildman–Crippen LogP) is 5.37. The lowest BCUT2D eigenvalue weighted by molar-refractivity contribution is -0.153. The fourth-order valence-electron chi connectivity index (χ4n) is 2.52. The number of carbonyl (C=O) groups is 1. The number of amides is 1. The molecule has 1 amide bonds. The molecule has 32 heavy (non-hydrogen) atoms. The zero-order valence-corrected chi connectivity index (χ0v) is 17.9. The number of thiazole rings is 1. The number of nitrogens with one attached hydrogen (secondary N) is 1. The summed E-state index contributed by atoms with van der Waals surface area (Å²) in [5.41, 5.74) is 0.669. The highest BCUT2D eigenvalue weighted by Crippen LogP contribution is 2.25. The number of anilines is 1. The third kappa shape index (κ3) is 7.14. The van der Waals surface area contributed by atoms with Crippen LogP contribution in [0.25, 0.3) is 0 Å². The number of halogens is 4. The zero-order chi connectivity index (χ0) is 23.1. The molecular formula is C21H15ClF3N3O3S. The van der Waals surface area contributed by atoms with Gasteiger partial charge in [0, 0.05) is 16.1 Å². The number of hydrogen-bond donors (Lipinski definition) is 1. The summed E-state index contributed by atoms with van der Waals surface area (Å²) in [4.78, 5) is 16.6. The molecule has 3 rings (SSSR count). The predicted molar refractivity (Wildman–Crippen MR) is 113 cm³/mol. The van der Waals surface area contributed by atoms with Crippen LogP contribution in [0.2, 0.25) is 5.02 Å². The van der Waals surface area contributed by atoms with Crippen molar-refractivity contribution >= 4 is 34.5 Å². The van der Waals surface area contributed by atoms with Crippen LogP contribution in [0.15, 0.2) is 47.8 Å². The summed E-state index contributed by atoms with van der Waals surface area (Å²) in [7, 11) is 0. The van der Waals surface area contributed by atoms with E-state index in [0.717, 1.165) is 0 Å². The highest BCUT2D eigenvalue weighted by Gasteiger charge is 2.28. The molecule has 0 radical (unpaired) electrons. The van der Waals surface area contributed by atoms with Gasteiger partial charge in [0.2, 0.25) is 5.91 Å². The first-order valence-electron chi connectivity index (χ1n) is 9.07. The summed E-state index contributed by atoms with van der Waals surface area (Å²) in [6, 6.07) is 12.5. The number of benzene rings is 2. The third-order valence-electron chi connectivity index (χ3n) is 3.89. The minimum absolute atomic E-state index is 0.0222. The molecule has 3 aromatic rings. The van der Waals surface area contributed by atoms with Gasteiger partial charge in [-0.25, -0.2) is 4.98 Å². The number of hydrogen-bond acceptors (Lipinski definition) is 6.